The van der Waals surface area contributed by atoms with E-state index in [0.717, 1.165) is 35.6 Å². The van der Waals surface area contributed by atoms with Crippen LogP contribution in [0.2, 0.25) is 4.34 Å². The van der Waals surface area contributed by atoms with E-state index in [-0.39, 0.29) is 18.1 Å². The maximum absolute atomic E-state index is 12.1. The number of aryl methyl sites for hydroxylation is 1. The molecule has 1 unspecified atom stereocenters. The number of halogens is 1. The summed E-state index contributed by atoms with van der Waals surface area (Å²) >= 11 is 7.63. The second kappa shape index (κ2) is 10.3. The number of cyclic esters (lactones) is 1. The molecule has 30 heavy (non-hydrogen) atoms. The first-order valence-electron chi connectivity index (χ1n) is 10.2. The minimum absolute atomic E-state index is 0.141. The Morgan fingerprint density at radius 2 is 2.07 bits per heavy atom. The third-order valence-corrected chi connectivity index (χ3v) is 6.27. The van der Waals surface area contributed by atoms with Gasteiger partial charge in [-0.15, -0.1) is 11.3 Å². The molecule has 1 aromatic heterocycles. The quantitative estimate of drug-likeness (QED) is 0.661. The fraction of sp³-hybridized carbons (Fsp3) is 0.478. The molecular weight excluding hydrogens is 420 g/mol. The van der Waals surface area contributed by atoms with Gasteiger partial charge in [-0.3, -0.25) is 4.79 Å². The fourth-order valence-corrected chi connectivity index (χ4v) is 4.73. The molecule has 0 radical (unpaired) electrons. The minimum Gasteiger partial charge on any atom is -0.484 e. The van der Waals surface area contributed by atoms with Crippen LogP contribution in [0.4, 0.5) is 0 Å². The van der Waals surface area contributed by atoms with E-state index in [1.54, 1.807) is 17.4 Å². The van der Waals surface area contributed by atoms with Gasteiger partial charge in [-0.1, -0.05) is 17.7 Å². The lowest BCUT2D eigenvalue weighted by atomic mass is 9.99. The summed E-state index contributed by atoms with van der Waals surface area (Å²) in [6, 6.07) is 11.8. The lowest BCUT2D eigenvalue weighted by Gasteiger charge is -2.29. The van der Waals surface area contributed by atoms with E-state index in [1.165, 1.54) is 4.88 Å². The van der Waals surface area contributed by atoms with Crippen molar-refractivity contribution >= 4 is 28.9 Å². The third-order valence-electron chi connectivity index (χ3n) is 5.04. The molecule has 0 saturated heterocycles. The molecule has 2 bridgehead atoms. The van der Waals surface area contributed by atoms with Crippen molar-refractivity contribution in [3.05, 3.63) is 50.7 Å². The maximum Gasteiger partial charge on any atom is 0.305 e. The predicted molar refractivity (Wildman–Crippen MR) is 119 cm³/mol. The summed E-state index contributed by atoms with van der Waals surface area (Å²) in [6.45, 7) is 4.85. The molecule has 2 heterocycles. The summed E-state index contributed by atoms with van der Waals surface area (Å²) in [5, 5.41) is 13.0. The largest absolute Gasteiger partial charge is 0.484 e. The highest BCUT2D eigenvalue weighted by Crippen LogP contribution is 2.26. The molecule has 1 aliphatic rings. The van der Waals surface area contributed by atoms with Gasteiger partial charge < -0.3 is 14.8 Å². The zero-order valence-corrected chi connectivity index (χ0v) is 18.9. The molecule has 5 nitrogen and oxygen atoms in total. The highest BCUT2D eigenvalue weighted by Gasteiger charge is 2.23. The minimum atomic E-state index is -0.401. The standard InChI is InChI=1S/C23H27ClN2O3S/c1-23(2,12-19-9-10-21(24)30-19)26-14-18-15-28-22(27)6-4-3-5-16-7-8-17(13-25)20(11-16)29-18/h7-11,18,26H,3-6,12,14-15H2,1-2H3. The topological polar surface area (TPSA) is 71.3 Å². The van der Waals surface area contributed by atoms with E-state index in [1.807, 2.05) is 24.3 Å². The first-order valence-corrected chi connectivity index (χ1v) is 11.4. The second-order valence-electron chi connectivity index (χ2n) is 8.22. The molecule has 0 amide bonds. The average molecular weight is 447 g/mol. The first kappa shape index (κ1) is 22.6. The summed E-state index contributed by atoms with van der Waals surface area (Å²) in [4.78, 5) is 13.3. The Balaban J connectivity index is 1.73. The number of nitrogens with zero attached hydrogens (tertiary/aromatic N) is 1. The number of hydrogen-bond acceptors (Lipinski definition) is 6. The summed E-state index contributed by atoms with van der Waals surface area (Å²) in [5.41, 5.74) is 1.39. The maximum atomic E-state index is 12.1. The van der Waals surface area contributed by atoms with E-state index in [2.05, 4.69) is 25.2 Å². The van der Waals surface area contributed by atoms with Crippen LogP contribution >= 0.6 is 22.9 Å². The Hall–Kier alpha value is -2.07. The zero-order chi connectivity index (χ0) is 21.6. The Morgan fingerprint density at radius 1 is 1.27 bits per heavy atom. The Kier molecular flexibility index (Phi) is 7.76. The summed E-state index contributed by atoms with van der Waals surface area (Å²) in [5.74, 6) is 0.335. The van der Waals surface area contributed by atoms with Crippen molar-refractivity contribution in [2.45, 2.75) is 57.6 Å². The van der Waals surface area contributed by atoms with Gasteiger partial charge in [-0.05, 0) is 69.4 Å². The number of ether oxygens (including phenoxy) is 2. The molecule has 0 aliphatic carbocycles. The monoisotopic (exact) mass is 446 g/mol. The lowest BCUT2D eigenvalue weighted by Crippen LogP contribution is -2.47. The number of nitriles is 1. The molecule has 0 saturated carbocycles. The highest BCUT2D eigenvalue weighted by atomic mass is 35.5. The van der Waals surface area contributed by atoms with Gasteiger partial charge in [-0.25, -0.2) is 0 Å². The van der Waals surface area contributed by atoms with Crippen molar-refractivity contribution in [1.29, 1.82) is 5.26 Å². The molecule has 1 aliphatic heterocycles. The third kappa shape index (κ3) is 6.73. The molecule has 2 aromatic rings. The van der Waals surface area contributed by atoms with Crippen LogP contribution < -0.4 is 10.1 Å². The van der Waals surface area contributed by atoms with E-state index >= 15 is 0 Å². The Labute approximate surface area is 187 Å². The average Bonchev–Trinajstić information content (AvgIpc) is 3.10. The number of carbonyl (C=O) groups is 1. The van der Waals surface area contributed by atoms with E-state index in [4.69, 9.17) is 21.1 Å². The van der Waals surface area contributed by atoms with Crippen molar-refractivity contribution in [2.75, 3.05) is 13.2 Å². The molecule has 3 rings (SSSR count). The first-order chi connectivity index (χ1) is 14.3. The van der Waals surface area contributed by atoms with Crippen molar-refractivity contribution in [3.63, 3.8) is 0 Å². The van der Waals surface area contributed by atoms with Gasteiger partial charge in [0, 0.05) is 23.4 Å². The predicted octanol–water partition coefficient (Wildman–Crippen LogP) is 4.90. The van der Waals surface area contributed by atoms with Crippen LogP contribution in [0.15, 0.2) is 30.3 Å². The van der Waals surface area contributed by atoms with E-state index < -0.39 is 6.10 Å². The van der Waals surface area contributed by atoms with Gasteiger partial charge in [0.25, 0.3) is 0 Å². The van der Waals surface area contributed by atoms with Crippen LogP contribution in [0.3, 0.4) is 0 Å². The SMILES string of the molecule is CC(C)(Cc1ccc(Cl)s1)NCC1COC(=O)CCCCc2ccc(C#N)c(c2)O1. The van der Waals surface area contributed by atoms with Gasteiger partial charge >= 0.3 is 5.97 Å². The molecular formula is C23H27ClN2O3S. The van der Waals surface area contributed by atoms with Gasteiger partial charge in [0.1, 0.15) is 24.5 Å². The van der Waals surface area contributed by atoms with Gasteiger partial charge in [-0.2, -0.15) is 5.26 Å². The number of benzene rings is 1. The molecule has 160 valence electrons. The molecule has 1 aromatic carbocycles. The van der Waals surface area contributed by atoms with Crippen LogP contribution in [0, 0.1) is 11.3 Å². The van der Waals surface area contributed by atoms with Crippen molar-refractivity contribution in [3.8, 4) is 11.8 Å². The summed E-state index contributed by atoms with van der Waals surface area (Å²) in [6.07, 6.45) is 3.35. The van der Waals surface area contributed by atoms with Crippen LogP contribution in [0.25, 0.3) is 0 Å². The zero-order valence-electron chi connectivity index (χ0n) is 17.4. The number of carbonyl (C=O) groups excluding carboxylic acids is 1. The molecule has 0 spiro atoms. The van der Waals surface area contributed by atoms with Gasteiger partial charge in [0.15, 0.2) is 0 Å². The highest BCUT2D eigenvalue weighted by molar-refractivity contribution is 7.16. The van der Waals surface area contributed by atoms with Crippen LogP contribution in [0.1, 0.15) is 49.1 Å². The Bertz CT molecular complexity index is 919. The smallest absolute Gasteiger partial charge is 0.305 e. The number of rotatable bonds is 5. The number of esters is 1. The number of fused-ring (bicyclic) bond motifs is 2. The fourth-order valence-electron chi connectivity index (χ4n) is 3.42. The summed E-state index contributed by atoms with van der Waals surface area (Å²) < 4.78 is 12.4. The van der Waals surface area contributed by atoms with Crippen molar-refractivity contribution in [2.24, 2.45) is 0 Å². The van der Waals surface area contributed by atoms with Crippen LogP contribution in [0.5, 0.6) is 5.75 Å². The number of thiophene rings is 1. The van der Waals surface area contributed by atoms with Crippen molar-refractivity contribution < 1.29 is 14.3 Å². The van der Waals surface area contributed by atoms with Crippen LogP contribution in [-0.2, 0) is 22.4 Å². The second-order valence-corrected chi connectivity index (χ2v) is 10.0. The van der Waals surface area contributed by atoms with E-state index in [0.29, 0.717) is 24.3 Å². The number of nitrogens with one attached hydrogen (secondary N) is 1. The molecule has 0 fully saturated rings. The van der Waals surface area contributed by atoms with Crippen LogP contribution in [-0.4, -0.2) is 30.8 Å². The van der Waals surface area contributed by atoms with E-state index in [9.17, 15) is 10.1 Å². The van der Waals surface area contributed by atoms with Gasteiger partial charge in [0.05, 0.1) is 9.90 Å². The van der Waals surface area contributed by atoms with Crippen molar-refractivity contribution in [1.82, 2.24) is 5.32 Å². The molecule has 1 N–H and O–H groups in total. The lowest BCUT2D eigenvalue weighted by molar-refractivity contribution is -0.146. The number of hydrogen-bond donors (Lipinski definition) is 1. The normalized spacial score (nSPS) is 17.8. The summed E-state index contributed by atoms with van der Waals surface area (Å²) in [7, 11) is 0. The molecule has 7 heteroatoms. The Morgan fingerprint density at radius 3 is 2.80 bits per heavy atom. The van der Waals surface area contributed by atoms with Gasteiger partial charge in [0.2, 0.25) is 0 Å². The molecule has 1 atom stereocenters.